The van der Waals surface area contributed by atoms with E-state index in [1.807, 2.05) is 47.1 Å². The van der Waals surface area contributed by atoms with Crippen molar-refractivity contribution >= 4 is 63.0 Å². The lowest BCUT2D eigenvalue weighted by Crippen LogP contribution is -2.51. The average molecular weight is 924 g/mol. The van der Waals surface area contributed by atoms with E-state index < -0.39 is 23.0 Å². The molecule has 0 radical (unpaired) electrons. The minimum absolute atomic E-state index is 0.0651. The maximum Gasteiger partial charge on any atom is 0.242 e. The number of hydrogen-bond donors (Lipinski definition) is 4. The molecule has 0 bridgehead atoms. The molecule has 3 aliphatic heterocycles. The summed E-state index contributed by atoms with van der Waals surface area (Å²) in [6, 6.07) is 23.9. The van der Waals surface area contributed by atoms with Crippen molar-refractivity contribution in [2.75, 3.05) is 87.4 Å². The number of piperazine rings is 1. The number of methoxy groups -OCH3 is 1. The van der Waals surface area contributed by atoms with Crippen molar-refractivity contribution < 1.29 is 33.0 Å². The first-order valence-electron chi connectivity index (χ1n) is 23.3. The van der Waals surface area contributed by atoms with E-state index in [-0.39, 0.29) is 24.4 Å². The molecule has 4 aromatic carbocycles. The van der Waals surface area contributed by atoms with E-state index in [2.05, 4.69) is 43.7 Å². The fraction of sp³-hybridized carbons (Fsp3) is 0.365. The Kier molecular flexibility index (Phi) is 13.2. The summed E-state index contributed by atoms with van der Waals surface area (Å²) < 4.78 is 25.6. The number of hydrogen-bond acceptors (Lipinski definition) is 11. The number of nitrogens with zero attached hydrogens (tertiary/aromatic N) is 5. The SMILES string of the molecule is C=C1c2cccc(NCC(=O)N3CCN(CC4CCN(c5cc6nccc(Oc7ccc(NC(=O)C8(C(=O)Nc9ccc(F)cc9)CC8)cc7)c6cc5OC)CC4)CC3)c2CN1C(C)C(=O)NC. The van der Waals surface area contributed by atoms with Crippen LogP contribution in [0.4, 0.5) is 27.1 Å². The number of amides is 4. The molecule has 68 heavy (non-hydrogen) atoms. The predicted octanol–water partition coefficient (Wildman–Crippen LogP) is 6.93. The molecule has 2 saturated heterocycles. The van der Waals surface area contributed by atoms with Gasteiger partial charge >= 0.3 is 0 Å². The van der Waals surface area contributed by atoms with Gasteiger partial charge in [0.25, 0.3) is 0 Å². The van der Waals surface area contributed by atoms with Crippen LogP contribution in [0.25, 0.3) is 16.6 Å². The molecule has 0 spiro atoms. The Hall–Kier alpha value is -7.20. The third kappa shape index (κ3) is 9.63. The molecule has 1 aromatic heterocycles. The maximum atomic E-state index is 13.4. The van der Waals surface area contributed by atoms with E-state index in [0.29, 0.717) is 61.3 Å². The number of pyridine rings is 1. The number of fused-ring (bicyclic) bond motifs is 2. The number of nitrogens with one attached hydrogen (secondary N) is 4. The molecule has 4 amide bonds. The molecule has 15 nitrogen and oxygen atoms in total. The molecule has 9 rings (SSSR count). The van der Waals surface area contributed by atoms with Crippen molar-refractivity contribution in [3.63, 3.8) is 0 Å². The van der Waals surface area contributed by atoms with Crippen LogP contribution in [0.15, 0.2) is 97.7 Å². The first kappa shape index (κ1) is 45.9. The zero-order valence-corrected chi connectivity index (χ0v) is 38.8. The fourth-order valence-electron chi connectivity index (χ4n) is 9.61. The van der Waals surface area contributed by atoms with Crippen LogP contribution in [0.2, 0.25) is 0 Å². The highest BCUT2D eigenvalue weighted by Crippen LogP contribution is 2.48. The van der Waals surface area contributed by atoms with E-state index >= 15 is 0 Å². The molecule has 5 aromatic rings. The van der Waals surface area contributed by atoms with Gasteiger partial charge in [0.2, 0.25) is 23.6 Å². The number of carbonyl (C=O) groups is 4. The van der Waals surface area contributed by atoms with Gasteiger partial charge in [0.1, 0.15) is 34.5 Å². The van der Waals surface area contributed by atoms with E-state index in [0.717, 1.165) is 90.4 Å². The first-order valence-corrected chi connectivity index (χ1v) is 23.3. The molecule has 1 saturated carbocycles. The molecule has 4 aliphatic rings. The smallest absolute Gasteiger partial charge is 0.242 e. The minimum Gasteiger partial charge on any atom is -0.495 e. The molecule has 3 fully saturated rings. The zero-order valence-electron chi connectivity index (χ0n) is 38.8. The lowest BCUT2D eigenvalue weighted by atomic mass is 9.95. The van der Waals surface area contributed by atoms with Crippen LogP contribution in [-0.2, 0) is 25.7 Å². The number of carbonyl (C=O) groups excluding carboxylic acids is 4. The monoisotopic (exact) mass is 923 g/mol. The Bertz CT molecular complexity index is 2710. The first-order chi connectivity index (χ1) is 32.9. The standard InChI is InChI=1S/C52H58FN9O6/c1-33-40-6-5-7-43(42(40)32-62(33)34(2)49(64)54-3)56-30-48(63)61-26-24-59(25-27-61)31-35-17-22-60(23-18-35)45-29-44-41(28-47(45)67-4)46(16-21-55-44)68-39-14-12-38(13-15-39)58-51(66)52(19-20-52)50(65)57-37-10-8-36(53)9-11-37/h5-16,21,28-29,34-35,56H,1,17-20,22-27,30-32H2,2-4H3,(H,54,64)(H,57,65)(H,58,66). The van der Waals surface area contributed by atoms with E-state index in [1.165, 1.54) is 24.3 Å². The molecule has 1 unspecified atom stereocenters. The topological polar surface area (TPSA) is 161 Å². The van der Waals surface area contributed by atoms with Crippen molar-refractivity contribution in [3.05, 3.63) is 115 Å². The van der Waals surface area contributed by atoms with Gasteiger partial charge in [0, 0.05) is 105 Å². The number of likely N-dealkylation sites (N-methyl/N-ethyl adjacent to an activating group) is 1. The molecule has 1 aliphatic carbocycles. The number of ether oxygens (including phenoxy) is 2. The van der Waals surface area contributed by atoms with Gasteiger partial charge in [-0.05, 0) is 111 Å². The van der Waals surface area contributed by atoms with Gasteiger partial charge in [-0.15, -0.1) is 0 Å². The van der Waals surface area contributed by atoms with Gasteiger partial charge < -0.3 is 45.4 Å². The lowest BCUT2D eigenvalue weighted by Gasteiger charge is -2.39. The van der Waals surface area contributed by atoms with Gasteiger partial charge in [-0.1, -0.05) is 18.7 Å². The van der Waals surface area contributed by atoms with Gasteiger partial charge in [-0.2, -0.15) is 0 Å². The normalized spacial score (nSPS) is 17.3. The molecular weight excluding hydrogens is 866 g/mol. The van der Waals surface area contributed by atoms with Crippen LogP contribution >= 0.6 is 0 Å². The highest BCUT2D eigenvalue weighted by Gasteiger charge is 2.56. The second kappa shape index (κ2) is 19.6. The Labute approximate surface area is 395 Å². The van der Waals surface area contributed by atoms with Crippen molar-refractivity contribution in [1.82, 2.24) is 25.0 Å². The molecular formula is C52H58FN9O6. The quantitative estimate of drug-likeness (QED) is 0.0807. The van der Waals surface area contributed by atoms with Gasteiger partial charge in [0.15, 0.2) is 0 Å². The summed E-state index contributed by atoms with van der Waals surface area (Å²) in [6.45, 7) is 12.7. The predicted molar refractivity (Wildman–Crippen MR) is 261 cm³/mol. The third-order valence-electron chi connectivity index (χ3n) is 13.9. The van der Waals surface area contributed by atoms with E-state index in [1.54, 1.807) is 44.6 Å². The highest BCUT2D eigenvalue weighted by molar-refractivity contribution is 6.17. The summed E-state index contributed by atoms with van der Waals surface area (Å²) in [4.78, 5) is 65.5. The zero-order chi connectivity index (χ0) is 47.5. The minimum atomic E-state index is -1.17. The molecule has 4 heterocycles. The fourth-order valence-corrected chi connectivity index (χ4v) is 9.61. The summed E-state index contributed by atoms with van der Waals surface area (Å²) in [7, 11) is 3.31. The number of halogens is 1. The third-order valence-corrected chi connectivity index (χ3v) is 13.9. The average Bonchev–Trinajstić information content (AvgIpc) is 4.12. The van der Waals surface area contributed by atoms with Crippen molar-refractivity contribution in [1.29, 1.82) is 0 Å². The Balaban J connectivity index is 0.741. The summed E-state index contributed by atoms with van der Waals surface area (Å²) in [5.41, 5.74) is 5.32. The van der Waals surface area contributed by atoms with Crippen LogP contribution in [0.1, 0.15) is 43.7 Å². The van der Waals surface area contributed by atoms with E-state index in [4.69, 9.17) is 14.5 Å². The van der Waals surface area contributed by atoms with Crippen LogP contribution in [0, 0.1) is 17.2 Å². The number of anilines is 4. The lowest BCUT2D eigenvalue weighted by molar-refractivity contribution is -0.132. The van der Waals surface area contributed by atoms with Crippen molar-refractivity contribution in [3.8, 4) is 17.2 Å². The van der Waals surface area contributed by atoms with E-state index in [9.17, 15) is 23.6 Å². The van der Waals surface area contributed by atoms with Crippen LogP contribution in [-0.4, -0.2) is 116 Å². The summed E-state index contributed by atoms with van der Waals surface area (Å²) >= 11 is 0. The number of piperidine rings is 1. The maximum absolute atomic E-state index is 13.4. The molecule has 4 N–H and O–H groups in total. The Morgan fingerprint density at radius 1 is 0.868 bits per heavy atom. The summed E-state index contributed by atoms with van der Waals surface area (Å²) in [5, 5.41) is 12.5. The number of aromatic nitrogens is 1. The van der Waals surface area contributed by atoms with Gasteiger partial charge in [-0.25, -0.2) is 4.39 Å². The van der Waals surface area contributed by atoms with Crippen LogP contribution < -0.4 is 35.6 Å². The molecule has 1 atom stereocenters. The molecule has 354 valence electrons. The summed E-state index contributed by atoms with van der Waals surface area (Å²) in [5.74, 6) is 1.24. The van der Waals surface area contributed by atoms with Crippen LogP contribution in [0.5, 0.6) is 17.2 Å². The van der Waals surface area contributed by atoms with Gasteiger partial charge in [-0.3, -0.25) is 29.1 Å². The molecule has 16 heteroatoms. The second-order valence-electron chi connectivity index (χ2n) is 18.1. The largest absolute Gasteiger partial charge is 0.495 e. The van der Waals surface area contributed by atoms with Crippen molar-refractivity contribution in [2.45, 2.75) is 45.2 Å². The number of rotatable bonds is 15. The summed E-state index contributed by atoms with van der Waals surface area (Å²) in [6.07, 6.45) is 4.65. The van der Waals surface area contributed by atoms with Gasteiger partial charge in [0.05, 0.1) is 24.9 Å². The Morgan fingerprint density at radius 3 is 2.19 bits per heavy atom. The Morgan fingerprint density at radius 2 is 1.54 bits per heavy atom. The number of benzene rings is 4. The van der Waals surface area contributed by atoms with Crippen molar-refractivity contribution in [2.24, 2.45) is 11.3 Å². The highest BCUT2D eigenvalue weighted by atomic mass is 19.1. The van der Waals surface area contributed by atoms with Crippen LogP contribution in [0.3, 0.4) is 0 Å². The second-order valence-corrected chi connectivity index (χ2v) is 18.1.